The Morgan fingerprint density at radius 3 is 3.00 bits per heavy atom. The fraction of sp³-hybridized carbons (Fsp3) is 0.143. The van der Waals surface area contributed by atoms with Crippen molar-refractivity contribution in [2.75, 3.05) is 0 Å². The molecule has 0 bridgehead atoms. The number of aromatic nitrogens is 4. The average Bonchev–Trinajstić information content (AvgIpc) is 2.74. The molecular formula is C14H11N5S. The Hall–Kier alpha value is -2.52. The molecule has 5 nitrogen and oxygen atoms in total. The van der Waals surface area contributed by atoms with Crippen molar-refractivity contribution in [1.29, 1.82) is 5.26 Å². The van der Waals surface area contributed by atoms with Crippen LogP contribution in [0.1, 0.15) is 17.1 Å². The number of benzene rings is 1. The van der Waals surface area contributed by atoms with E-state index in [0.717, 1.165) is 22.6 Å². The summed E-state index contributed by atoms with van der Waals surface area (Å²) in [6.07, 6.45) is 1.73. The molecule has 1 N–H and O–H groups in total. The number of nitrogens with zero attached hydrogens (tertiary/aromatic N) is 4. The molecule has 0 atom stereocenters. The molecule has 98 valence electrons. The summed E-state index contributed by atoms with van der Waals surface area (Å²) in [6.45, 7) is 2.41. The van der Waals surface area contributed by atoms with Crippen molar-refractivity contribution in [1.82, 2.24) is 19.5 Å². The Balaban J connectivity index is 2.13. The summed E-state index contributed by atoms with van der Waals surface area (Å²) in [4.78, 5) is 11.6. The van der Waals surface area contributed by atoms with Gasteiger partial charge in [0.05, 0.1) is 34.9 Å². The Morgan fingerprint density at radius 1 is 1.40 bits per heavy atom. The maximum absolute atomic E-state index is 9.00. The minimum atomic E-state index is 0.553. The first-order valence-corrected chi connectivity index (χ1v) is 6.49. The quantitative estimate of drug-likeness (QED) is 0.733. The molecule has 0 aliphatic carbocycles. The zero-order valence-electron chi connectivity index (χ0n) is 10.8. The van der Waals surface area contributed by atoms with Crippen LogP contribution >= 0.6 is 12.2 Å². The number of fused-ring (bicyclic) bond motifs is 1. The van der Waals surface area contributed by atoms with E-state index >= 15 is 0 Å². The SMILES string of the molecule is Cc1nccc(Cn2c(=S)[nH]c3ccc(C#N)cc32)n1. The van der Waals surface area contributed by atoms with E-state index in [1.165, 1.54) is 0 Å². The van der Waals surface area contributed by atoms with Gasteiger partial charge in [-0.15, -0.1) is 0 Å². The largest absolute Gasteiger partial charge is 0.331 e. The number of H-pyrrole nitrogens is 1. The highest BCUT2D eigenvalue weighted by molar-refractivity contribution is 7.71. The van der Waals surface area contributed by atoms with E-state index in [2.05, 4.69) is 21.0 Å². The highest BCUT2D eigenvalue weighted by Gasteiger charge is 2.07. The van der Waals surface area contributed by atoms with Gasteiger partial charge >= 0.3 is 0 Å². The fourth-order valence-electron chi connectivity index (χ4n) is 2.13. The molecule has 0 saturated heterocycles. The van der Waals surface area contributed by atoms with Crippen molar-refractivity contribution in [3.05, 3.63) is 52.3 Å². The van der Waals surface area contributed by atoms with Gasteiger partial charge in [0.15, 0.2) is 4.77 Å². The third-order valence-electron chi connectivity index (χ3n) is 3.06. The number of rotatable bonds is 2. The number of nitriles is 1. The Kier molecular flexibility index (Phi) is 3.05. The van der Waals surface area contributed by atoms with Crippen LogP contribution in [0.25, 0.3) is 11.0 Å². The normalized spacial score (nSPS) is 10.6. The third-order valence-corrected chi connectivity index (χ3v) is 3.38. The van der Waals surface area contributed by atoms with Gasteiger partial charge in [-0.2, -0.15) is 5.26 Å². The van der Waals surface area contributed by atoms with Gasteiger partial charge in [-0.1, -0.05) is 0 Å². The van der Waals surface area contributed by atoms with Gasteiger partial charge in [0.2, 0.25) is 0 Å². The van der Waals surface area contributed by atoms with E-state index in [-0.39, 0.29) is 0 Å². The highest BCUT2D eigenvalue weighted by atomic mass is 32.1. The number of aryl methyl sites for hydroxylation is 1. The van der Waals surface area contributed by atoms with Crippen molar-refractivity contribution in [2.45, 2.75) is 13.5 Å². The second-order valence-corrected chi connectivity index (χ2v) is 4.84. The zero-order chi connectivity index (χ0) is 14.1. The van der Waals surface area contributed by atoms with Crippen molar-refractivity contribution in [3.8, 4) is 6.07 Å². The van der Waals surface area contributed by atoms with Gasteiger partial charge in [-0.05, 0) is 43.4 Å². The van der Waals surface area contributed by atoms with E-state index in [4.69, 9.17) is 17.5 Å². The van der Waals surface area contributed by atoms with Gasteiger partial charge in [-0.3, -0.25) is 0 Å². The minimum absolute atomic E-state index is 0.553. The summed E-state index contributed by atoms with van der Waals surface area (Å²) in [5.41, 5.74) is 3.32. The minimum Gasteiger partial charge on any atom is -0.331 e. The van der Waals surface area contributed by atoms with E-state index in [1.54, 1.807) is 12.3 Å². The molecule has 1 aromatic carbocycles. The molecule has 0 aliphatic heterocycles. The molecule has 0 amide bonds. The molecule has 3 rings (SSSR count). The van der Waals surface area contributed by atoms with Crippen LogP contribution < -0.4 is 0 Å². The lowest BCUT2D eigenvalue weighted by molar-refractivity contribution is 0.773. The molecule has 3 aromatic rings. The second-order valence-electron chi connectivity index (χ2n) is 4.46. The van der Waals surface area contributed by atoms with Crippen molar-refractivity contribution >= 4 is 23.3 Å². The van der Waals surface area contributed by atoms with E-state index in [9.17, 15) is 0 Å². The van der Waals surface area contributed by atoms with Gasteiger partial charge in [0.25, 0.3) is 0 Å². The lowest BCUT2D eigenvalue weighted by atomic mass is 10.2. The Bertz CT molecular complexity index is 884. The zero-order valence-corrected chi connectivity index (χ0v) is 11.6. The van der Waals surface area contributed by atoms with E-state index < -0.39 is 0 Å². The topological polar surface area (TPSA) is 70.3 Å². The number of imidazole rings is 1. The molecule has 2 aromatic heterocycles. The molecule has 2 heterocycles. The van der Waals surface area contributed by atoms with Gasteiger partial charge in [0, 0.05) is 6.20 Å². The van der Waals surface area contributed by atoms with Crippen LogP contribution in [0.3, 0.4) is 0 Å². The van der Waals surface area contributed by atoms with Gasteiger partial charge in [0.1, 0.15) is 5.82 Å². The summed E-state index contributed by atoms with van der Waals surface area (Å²) >= 11 is 5.35. The smallest absolute Gasteiger partial charge is 0.178 e. The summed E-state index contributed by atoms with van der Waals surface area (Å²) in [5, 5.41) is 9.00. The summed E-state index contributed by atoms with van der Waals surface area (Å²) < 4.78 is 2.55. The third kappa shape index (κ3) is 2.19. The van der Waals surface area contributed by atoms with Crippen LogP contribution in [-0.4, -0.2) is 19.5 Å². The number of nitrogens with one attached hydrogen (secondary N) is 1. The van der Waals surface area contributed by atoms with Gasteiger partial charge < -0.3 is 9.55 Å². The average molecular weight is 281 g/mol. The molecule has 20 heavy (non-hydrogen) atoms. The predicted octanol–water partition coefficient (Wildman–Crippen LogP) is 2.72. The molecule has 0 unspecified atom stereocenters. The number of hydrogen-bond donors (Lipinski definition) is 1. The van der Waals surface area contributed by atoms with Crippen LogP contribution in [0.15, 0.2) is 30.5 Å². The standard InChI is InChI=1S/C14H11N5S/c1-9-16-5-4-11(17-9)8-19-13-6-10(7-15)2-3-12(13)18-14(19)20/h2-6H,8H2,1H3,(H,18,20). The molecule has 0 aliphatic rings. The van der Waals surface area contributed by atoms with Crippen molar-refractivity contribution in [3.63, 3.8) is 0 Å². The van der Waals surface area contributed by atoms with Crippen LogP contribution in [0.5, 0.6) is 0 Å². The van der Waals surface area contributed by atoms with Crippen LogP contribution in [0.2, 0.25) is 0 Å². The summed E-state index contributed by atoms with van der Waals surface area (Å²) in [6, 6.07) is 9.47. The second kappa shape index (κ2) is 4.87. The van der Waals surface area contributed by atoms with Crippen LogP contribution in [-0.2, 0) is 6.54 Å². The lowest BCUT2D eigenvalue weighted by Gasteiger charge is -2.04. The monoisotopic (exact) mass is 281 g/mol. The first-order chi connectivity index (χ1) is 9.67. The molecule has 6 heteroatoms. The Morgan fingerprint density at radius 2 is 2.25 bits per heavy atom. The van der Waals surface area contributed by atoms with Crippen molar-refractivity contribution in [2.24, 2.45) is 0 Å². The maximum atomic E-state index is 9.00. The Labute approximate surface area is 120 Å². The van der Waals surface area contributed by atoms with E-state index in [1.807, 2.05) is 29.7 Å². The molecule has 0 saturated carbocycles. The maximum Gasteiger partial charge on any atom is 0.178 e. The van der Waals surface area contributed by atoms with Crippen molar-refractivity contribution < 1.29 is 0 Å². The molecule has 0 spiro atoms. The van der Waals surface area contributed by atoms with Crippen LogP contribution in [0.4, 0.5) is 0 Å². The molecule has 0 fully saturated rings. The van der Waals surface area contributed by atoms with E-state index in [0.29, 0.717) is 16.9 Å². The highest BCUT2D eigenvalue weighted by Crippen LogP contribution is 2.17. The molecular weight excluding hydrogens is 270 g/mol. The summed E-state index contributed by atoms with van der Waals surface area (Å²) in [5.74, 6) is 0.728. The van der Waals surface area contributed by atoms with Gasteiger partial charge in [-0.25, -0.2) is 9.97 Å². The predicted molar refractivity (Wildman–Crippen MR) is 77.7 cm³/mol. The fourth-order valence-corrected chi connectivity index (χ4v) is 2.41. The first-order valence-electron chi connectivity index (χ1n) is 6.08. The number of hydrogen-bond acceptors (Lipinski definition) is 4. The first kappa shape index (κ1) is 12.5. The number of aromatic amines is 1. The van der Waals surface area contributed by atoms with Crippen LogP contribution in [0, 0.1) is 23.0 Å². The summed E-state index contributed by atoms with van der Waals surface area (Å²) in [7, 11) is 0. The molecule has 0 radical (unpaired) electrons. The lowest BCUT2D eigenvalue weighted by Crippen LogP contribution is -2.03.